The van der Waals surface area contributed by atoms with E-state index in [9.17, 15) is 19.2 Å². The minimum absolute atomic E-state index is 0.478. The molecule has 1 heterocycles. The number of halogens is 1. The Hall–Kier alpha value is -2.41. The summed E-state index contributed by atoms with van der Waals surface area (Å²) in [7, 11) is 1.18. The number of urea groups is 1. The van der Waals surface area contributed by atoms with E-state index in [1.165, 1.54) is 7.05 Å². The van der Waals surface area contributed by atoms with E-state index in [0.717, 1.165) is 0 Å². The molecule has 1 aliphatic rings. The minimum Gasteiger partial charge on any atom is -0.324 e. The number of amides is 5. The number of carbonyl (C=O) groups is 4. The summed E-state index contributed by atoms with van der Waals surface area (Å²) in [6.07, 6.45) is 0. The molecule has 0 bridgehead atoms. The molecule has 1 fully saturated rings. The molecule has 2 rings (SSSR count). The Morgan fingerprint density at radius 1 is 1.24 bits per heavy atom. The molecular weight excluding hydrogens is 298 g/mol. The molecule has 0 saturated carbocycles. The molecule has 7 nitrogen and oxygen atoms in total. The summed E-state index contributed by atoms with van der Waals surface area (Å²) in [6.45, 7) is 1.20. The number of likely N-dealkylation sites (N-methyl/N-ethyl adjacent to an activating group) is 1. The molecule has 1 N–H and O–H groups in total. The first-order valence-electron chi connectivity index (χ1n) is 6.01. The summed E-state index contributed by atoms with van der Waals surface area (Å²) in [5, 5.41) is 3.03. The first-order valence-corrected chi connectivity index (χ1v) is 6.39. The monoisotopic (exact) mass is 309 g/mol. The molecule has 1 saturated heterocycles. The zero-order valence-corrected chi connectivity index (χ0v) is 12.1. The van der Waals surface area contributed by atoms with Crippen LogP contribution < -0.4 is 5.32 Å². The van der Waals surface area contributed by atoms with Gasteiger partial charge in [0.1, 0.15) is 6.54 Å². The molecular formula is C13H12ClN3O4. The lowest BCUT2D eigenvalue weighted by molar-refractivity contribution is -0.143. The van der Waals surface area contributed by atoms with Crippen LogP contribution in [0.3, 0.4) is 0 Å². The van der Waals surface area contributed by atoms with E-state index in [1.807, 2.05) is 0 Å². The minimum atomic E-state index is -1.01. The number of nitrogens with zero attached hydrogens (tertiary/aromatic N) is 2. The second-order valence-electron chi connectivity index (χ2n) is 4.50. The van der Waals surface area contributed by atoms with Crippen LogP contribution in [-0.2, 0) is 14.4 Å². The molecule has 21 heavy (non-hydrogen) atoms. The highest BCUT2D eigenvalue weighted by atomic mass is 35.5. The number of imide groups is 2. The number of rotatable bonds is 3. The van der Waals surface area contributed by atoms with Crippen molar-refractivity contribution >= 4 is 41.0 Å². The van der Waals surface area contributed by atoms with Crippen molar-refractivity contribution in [3.63, 3.8) is 0 Å². The van der Waals surface area contributed by atoms with Crippen molar-refractivity contribution in [1.29, 1.82) is 0 Å². The van der Waals surface area contributed by atoms with E-state index in [4.69, 9.17) is 11.6 Å². The van der Waals surface area contributed by atoms with E-state index in [2.05, 4.69) is 5.32 Å². The van der Waals surface area contributed by atoms with Gasteiger partial charge in [-0.1, -0.05) is 17.7 Å². The van der Waals surface area contributed by atoms with E-state index in [-0.39, 0.29) is 0 Å². The van der Waals surface area contributed by atoms with E-state index in [0.29, 0.717) is 26.1 Å². The van der Waals surface area contributed by atoms with Crippen LogP contribution >= 0.6 is 11.6 Å². The summed E-state index contributed by atoms with van der Waals surface area (Å²) in [4.78, 5) is 47.7. The molecule has 8 heteroatoms. The fraction of sp³-hybridized carbons (Fsp3) is 0.231. The van der Waals surface area contributed by atoms with Crippen molar-refractivity contribution in [2.75, 3.05) is 18.9 Å². The molecule has 0 radical (unpaired) electrons. The highest BCUT2D eigenvalue weighted by molar-refractivity contribution is 6.45. The molecule has 0 spiro atoms. The van der Waals surface area contributed by atoms with Crippen LogP contribution in [-0.4, -0.2) is 47.1 Å². The van der Waals surface area contributed by atoms with Crippen LogP contribution in [0, 0.1) is 6.92 Å². The highest BCUT2D eigenvalue weighted by Gasteiger charge is 2.42. The largest absolute Gasteiger partial charge is 0.334 e. The van der Waals surface area contributed by atoms with Gasteiger partial charge in [-0.2, -0.15) is 0 Å². The first-order chi connectivity index (χ1) is 9.82. The molecule has 0 unspecified atom stereocenters. The zero-order chi connectivity index (χ0) is 15.7. The zero-order valence-electron chi connectivity index (χ0n) is 11.3. The fourth-order valence-corrected chi connectivity index (χ4v) is 2.00. The molecule has 0 atom stereocenters. The molecule has 5 amide bonds. The predicted molar refractivity (Wildman–Crippen MR) is 74.7 cm³/mol. The summed E-state index contributed by atoms with van der Waals surface area (Å²) < 4.78 is 0. The van der Waals surface area contributed by atoms with Gasteiger partial charge in [0.25, 0.3) is 0 Å². The number of benzene rings is 1. The molecule has 110 valence electrons. The number of hydrogen-bond donors (Lipinski definition) is 1. The average molecular weight is 310 g/mol. The third-order valence-electron chi connectivity index (χ3n) is 3.09. The van der Waals surface area contributed by atoms with Crippen molar-refractivity contribution < 1.29 is 19.2 Å². The van der Waals surface area contributed by atoms with E-state index in [1.54, 1.807) is 25.1 Å². The van der Waals surface area contributed by atoms with Crippen molar-refractivity contribution in [3.05, 3.63) is 28.8 Å². The van der Waals surface area contributed by atoms with Gasteiger partial charge in [0.2, 0.25) is 5.91 Å². The summed E-state index contributed by atoms with van der Waals surface area (Å²) >= 11 is 5.93. The molecule has 0 aromatic heterocycles. The predicted octanol–water partition coefficient (Wildman–Crippen LogP) is 1.01. The second kappa shape index (κ2) is 5.53. The van der Waals surface area contributed by atoms with Gasteiger partial charge in [-0.25, -0.2) is 9.69 Å². The molecule has 1 aliphatic heterocycles. The number of hydrogen-bond acceptors (Lipinski definition) is 4. The Labute approximate surface area is 125 Å². The van der Waals surface area contributed by atoms with E-state index >= 15 is 0 Å². The van der Waals surface area contributed by atoms with Crippen LogP contribution in [0.25, 0.3) is 0 Å². The van der Waals surface area contributed by atoms with Crippen LogP contribution in [0.5, 0.6) is 0 Å². The maximum absolute atomic E-state index is 11.9. The maximum atomic E-state index is 11.9. The Kier molecular flexibility index (Phi) is 3.95. The van der Waals surface area contributed by atoms with Gasteiger partial charge in [-0.3, -0.25) is 19.3 Å². The lowest BCUT2D eigenvalue weighted by atomic mass is 10.2. The quantitative estimate of drug-likeness (QED) is 0.667. The van der Waals surface area contributed by atoms with Gasteiger partial charge in [-0.15, -0.1) is 0 Å². The average Bonchev–Trinajstić information content (AvgIpc) is 2.62. The second-order valence-corrected chi connectivity index (χ2v) is 4.91. The standard InChI is InChI=1S/C13H12ClN3O4/c1-7-8(14)4-3-5-9(7)15-10(18)6-17-12(20)11(19)16(2)13(17)21/h3-5H,6H2,1-2H3,(H,15,18). The van der Waals surface area contributed by atoms with Gasteiger partial charge in [0.05, 0.1) is 0 Å². The summed E-state index contributed by atoms with van der Waals surface area (Å²) in [5.74, 6) is -2.56. The van der Waals surface area contributed by atoms with Gasteiger partial charge in [0, 0.05) is 17.8 Å². The third kappa shape index (κ3) is 2.73. The van der Waals surface area contributed by atoms with Gasteiger partial charge >= 0.3 is 17.8 Å². The maximum Gasteiger partial charge on any atom is 0.334 e. The van der Waals surface area contributed by atoms with Crippen molar-refractivity contribution in [3.8, 4) is 0 Å². The smallest absolute Gasteiger partial charge is 0.324 e. The van der Waals surface area contributed by atoms with Crippen LogP contribution in [0.2, 0.25) is 5.02 Å². The number of nitrogens with one attached hydrogen (secondary N) is 1. The fourth-order valence-electron chi connectivity index (χ4n) is 1.83. The normalized spacial score (nSPS) is 14.9. The number of anilines is 1. The van der Waals surface area contributed by atoms with Gasteiger partial charge in [-0.05, 0) is 24.6 Å². The Bertz CT molecular complexity index is 659. The van der Waals surface area contributed by atoms with Crippen LogP contribution in [0.15, 0.2) is 18.2 Å². The van der Waals surface area contributed by atoms with E-state index < -0.39 is 30.3 Å². The first kappa shape index (κ1) is 15.0. The SMILES string of the molecule is Cc1c(Cl)cccc1NC(=O)CN1C(=O)C(=O)N(C)C1=O. The Morgan fingerprint density at radius 2 is 1.90 bits per heavy atom. The van der Waals surface area contributed by atoms with Gasteiger partial charge in [0.15, 0.2) is 0 Å². The lowest BCUT2D eigenvalue weighted by Crippen LogP contribution is -2.38. The topological polar surface area (TPSA) is 86.8 Å². The highest BCUT2D eigenvalue weighted by Crippen LogP contribution is 2.23. The molecule has 1 aromatic rings. The van der Waals surface area contributed by atoms with Crippen molar-refractivity contribution in [1.82, 2.24) is 9.80 Å². The number of carbonyl (C=O) groups excluding carboxylic acids is 4. The Morgan fingerprint density at radius 3 is 2.48 bits per heavy atom. The third-order valence-corrected chi connectivity index (χ3v) is 3.50. The summed E-state index contributed by atoms with van der Waals surface area (Å²) in [6, 6.07) is 4.16. The van der Waals surface area contributed by atoms with Gasteiger partial charge < -0.3 is 5.32 Å². The summed E-state index contributed by atoms with van der Waals surface area (Å²) in [5.41, 5.74) is 1.14. The molecule has 1 aromatic carbocycles. The lowest BCUT2D eigenvalue weighted by Gasteiger charge is -2.14. The van der Waals surface area contributed by atoms with Crippen molar-refractivity contribution in [2.45, 2.75) is 6.92 Å². The molecule has 0 aliphatic carbocycles. The van der Waals surface area contributed by atoms with Crippen LogP contribution in [0.4, 0.5) is 10.5 Å². The van der Waals surface area contributed by atoms with Crippen molar-refractivity contribution in [2.24, 2.45) is 0 Å². The van der Waals surface area contributed by atoms with Crippen LogP contribution in [0.1, 0.15) is 5.56 Å². The Balaban J connectivity index is 2.09.